The van der Waals surface area contributed by atoms with E-state index in [4.69, 9.17) is 0 Å². The van der Waals surface area contributed by atoms with Crippen LogP contribution >= 0.6 is 11.3 Å². The van der Waals surface area contributed by atoms with Crippen molar-refractivity contribution in [2.75, 3.05) is 18.8 Å². The van der Waals surface area contributed by atoms with Gasteiger partial charge in [-0.05, 0) is 50.9 Å². The first-order valence-corrected chi connectivity index (χ1v) is 8.75. The maximum atomic E-state index is 12.0. The summed E-state index contributed by atoms with van der Waals surface area (Å²) in [6.45, 7) is 4.32. The smallest absolute Gasteiger partial charge is 0.212 e. The van der Waals surface area contributed by atoms with Crippen LogP contribution in [0.4, 0.5) is 0 Å². The maximum absolute atomic E-state index is 12.0. The fourth-order valence-corrected chi connectivity index (χ4v) is 4.55. The normalized spacial score (nSPS) is 18.1. The number of piperidine rings is 1. The molecule has 2 heterocycles. The lowest BCUT2D eigenvalue weighted by atomic mass is 10.0. The highest BCUT2D eigenvalue weighted by molar-refractivity contribution is 7.89. The number of hydrogen-bond acceptors (Lipinski definition) is 4. The Bertz CT molecular complexity index is 476. The zero-order chi connectivity index (χ0) is 13.0. The van der Waals surface area contributed by atoms with Crippen LogP contribution in [-0.2, 0) is 16.6 Å². The minimum atomic E-state index is -3.14. The number of nitrogens with one attached hydrogen (secondary N) is 2. The van der Waals surface area contributed by atoms with Gasteiger partial charge in [-0.2, -0.15) is 0 Å². The number of sulfonamides is 1. The SMILES string of the molecule is Cc1ccc(CNS(=O)(=O)CC2CCNCC2)s1. The van der Waals surface area contributed by atoms with Gasteiger partial charge in [0, 0.05) is 16.3 Å². The molecule has 0 atom stereocenters. The van der Waals surface area contributed by atoms with E-state index in [1.807, 2.05) is 19.1 Å². The van der Waals surface area contributed by atoms with Crippen LogP contribution in [0, 0.1) is 12.8 Å². The lowest BCUT2D eigenvalue weighted by Crippen LogP contribution is -2.35. The van der Waals surface area contributed by atoms with Gasteiger partial charge in [0.15, 0.2) is 0 Å². The van der Waals surface area contributed by atoms with Crippen LogP contribution in [0.25, 0.3) is 0 Å². The molecule has 0 spiro atoms. The van der Waals surface area contributed by atoms with E-state index in [0.717, 1.165) is 30.8 Å². The van der Waals surface area contributed by atoms with Crippen LogP contribution in [0.15, 0.2) is 12.1 Å². The Morgan fingerprint density at radius 3 is 2.72 bits per heavy atom. The van der Waals surface area contributed by atoms with Gasteiger partial charge in [-0.1, -0.05) is 0 Å². The number of hydrogen-bond donors (Lipinski definition) is 2. The van der Waals surface area contributed by atoms with Gasteiger partial charge in [0.1, 0.15) is 0 Å². The molecular formula is C12H20N2O2S2. The first kappa shape index (κ1) is 14.0. The lowest BCUT2D eigenvalue weighted by Gasteiger charge is -2.22. The van der Waals surface area contributed by atoms with Crippen LogP contribution in [0.1, 0.15) is 22.6 Å². The van der Waals surface area contributed by atoms with Crippen molar-refractivity contribution in [3.63, 3.8) is 0 Å². The molecule has 1 fully saturated rings. The monoisotopic (exact) mass is 288 g/mol. The summed E-state index contributed by atoms with van der Waals surface area (Å²) in [7, 11) is -3.14. The van der Waals surface area contributed by atoms with Crippen LogP contribution in [-0.4, -0.2) is 27.3 Å². The molecule has 1 saturated heterocycles. The van der Waals surface area contributed by atoms with E-state index in [-0.39, 0.29) is 5.75 Å². The summed E-state index contributed by atoms with van der Waals surface area (Å²) in [5.74, 6) is 0.563. The van der Waals surface area contributed by atoms with Crippen LogP contribution in [0.5, 0.6) is 0 Å². The van der Waals surface area contributed by atoms with E-state index in [0.29, 0.717) is 12.5 Å². The Hall–Kier alpha value is -0.430. The second-order valence-corrected chi connectivity index (χ2v) is 8.03. The summed E-state index contributed by atoms with van der Waals surface area (Å²) >= 11 is 1.64. The van der Waals surface area contributed by atoms with E-state index < -0.39 is 10.0 Å². The van der Waals surface area contributed by atoms with Crippen molar-refractivity contribution in [2.24, 2.45) is 5.92 Å². The van der Waals surface area contributed by atoms with Gasteiger partial charge in [-0.3, -0.25) is 0 Å². The van der Waals surface area contributed by atoms with E-state index in [1.54, 1.807) is 11.3 Å². The fourth-order valence-electron chi connectivity index (χ4n) is 2.18. The number of rotatable bonds is 5. The molecule has 0 radical (unpaired) electrons. The van der Waals surface area contributed by atoms with Gasteiger partial charge >= 0.3 is 0 Å². The standard InChI is InChI=1S/C12H20N2O2S2/c1-10-2-3-12(17-10)8-14-18(15,16)9-11-4-6-13-7-5-11/h2-3,11,13-14H,4-9H2,1H3. The first-order valence-electron chi connectivity index (χ1n) is 6.28. The molecular weight excluding hydrogens is 268 g/mol. The summed E-state index contributed by atoms with van der Waals surface area (Å²) in [6.07, 6.45) is 1.91. The molecule has 18 heavy (non-hydrogen) atoms. The zero-order valence-electron chi connectivity index (χ0n) is 10.6. The Balaban J connectivity index is 1.83. The second kappa shape index (κ2) is 6.14. The van der Waals surface area contributed by atoms with Gasteiger partial charge in [-0.15, -0.1) is 11.3 Å². The van der Waals surface area contributed by atoms with Crippen molar-refractivity contribution < 1.29 is 8.42 Å². The quantitative estimate of drug-likeness (QED) is 0.863. The molecule has 0 unspecified atom stereocenters. The van der Waals surface area contributed by atoms with Gasteiger partial charge < -0.3 is 5.32 Å². The zero-order valence-corrected chi connectivity index (χ0v) is 12.2. The Morgan fingerprint density at radius 2 is 2.11 bits per heavy atom. The Kier molecular flexibility index (Phi) is 4.77. The highest BCUT2D eigenvalue weighted by Crippen LogP contribution is 2.16. The van der Waals surface area contributed by atoms with Crippen molar-refractivity contribution in [3.8, 4) is 0 Å². The fraction of sp³-hybridized carbons (Fsp3) is 0.667. The van der Waals surface area contributed by atoms with Crippen LogP contribution < -0.4 is 10.0 Å². The van der Waals surface area contributed by atoms with Gasteiger partial charge in [0.05, 0.1) is 5.75 Å². The molecule has 6 heteroatoms. The number of aryl methyl sites for hydroxylation is 1. The summed E-state index contributed by atoms with van der Waals surface area (Å²) in [5, 5.41) is 3.25. The molecule has 0 aliphatic carbocycles. The lowest BCUT2D eigenvalue weighted by molar-refractivity contribution is 0.400. The first-order chi connectivity index (χ1) is 8.55. The van der Waals surface area contributed by atoms with Crippen LogP contribution in [0.3, 0.4) is 0 Å². The van der Waals surface area contributed by atoms with E-state index in [9.17, 15) is 8.42 Å². The Morgan fingerprint density at radius 1 is 1.39 bits per heavy atom. The molecule has 0 amide bonds. The molecule has 1 aliphatic heterocycles. The topological polar surface area (TPSA) is 58.2 Å². The molecule has 2 N–H and O–H groups in total. The van der Waals surface area contributed by atoms with Gasteiger partial charge in [-0.25, -0.2) is 13.1 Å². The molecule has 0 aromatic carbocycles. The predicted molar refractivity (Wildman–Crippen MR) is 75.3 cm³/mol. The molecule has 0 saturated carbocycles. The van der Waals surface area contributed by atoms with Gasteiger partial charge in [0.25, 0.3) is 0 Å². The summed E-state index contributed by atoms with van der Waals surface area (Å²) in [6, 6.07) is 3.99. The maximum Gasteiger partial charge on any atom is 0.212 e. The number of thiophene rings is 1. The molecule has 1 aromatic rings. The molecule has 1 aromatic heterocycles. The molecule has 1 aliphatic rings. The third-order valence-electron chi connectivity index (χ3n) is 3.18. The van der Waals surface area contributed by atoms with Crippen LogP contribution in [0.2, 0.25) is 0 Å². The highest BCUT2D eigenvalue weighted by Gasteiger charge is 2.20. The third-order valence-corrected chi connectivity index (χ3v) is 5.67. The summed E-state index contributed by atoms with van der Waals surface area (Å²) in [5.41, 5.74) is 0. The average Bonchev–Trinajstić information content (AvgIpc) is 2.74. The molecule has 4 nitrogen and oxygen atoms in total. The van der Waals surface area contributed by atoms with Crippen molar-refractivity contribution in [1.29, 1.82) is 0 Å². The summed E-state index contributed by atoms with van der Waals surface area (Å²) < 4.78 is 26.6. The van der Waals surface area contributed by atoms with Crippen molar-refractivity contribution in [1.82, 2.24) is 10.0 Å². The highest BCUT2D eigenvalue weighted by atomic mass is 32.2. The average molecular weight is 288 g/mol. The molecule has 102 valence electrons. The minimum absolute atomic E-state index is 0.263. The third kappa shape index (κ3) is 4.35. The van der Waals surface area contributed by atoms with Crippen molar-refractivity contribution >= 4 is 21.4 Å². The van der Waals surface area contributed by atoms with E-state index in [2.05, 4.69) is 10.0 Å². The van der Waals surface area contributed by atoms with Gasteiger partial charge in [0.2, 0.25) is 10.0 Å². The predicted octanol–water partition coefficient (Wildman–Crippen LogP) is 1.48. The largest absolute Gasteiger partial charge is 0.317 e. The second-order valence-electron chi connectivity index (χ2n) is 4.81. The van der Waals surface area contributed by atoms with E-state index >= 15 is 0 Å². The Labute approximate surface area is 113 Å². The molecule has 2 rings (SSSR count). The van der Waals surface area contributed by atoms with Crippen molar-refractivity contribution in [2.45, 2.75) is 26.3 Å². The van der Waals surface area contributed by atoms with E-state index in [1.165, 1.54) is 4.88 Å². The van der Waals surface area contributed by atoms with Crippen molar-refractivity contribution in [3.05, 3.63) is 21.9 Å². The summed E-state index contributed by atoms with van der Waals surface area (Å²) in [4.78, 5) is 2.28. The minimum Gasteiger partial charge on any atom is -0.317 e. The molecule has 0 bridgehead atoms.